The van der Waals surface area contributed by atoms with Crippen molar-refractivity contribution in [1.82, 2.24) is 4.90 Å². The molecule has 114 valence electrons. The number of rotatable bonds is 7. The summed E-state index contributed by atoms with van der Waals surface area (Å²) in [5.41, 5.74) is 0.977. The largest absolute Gasteiger partial charge is 0.395 e. The van der Waals surface area contributed by atoms with Gasteiger partial charge in [-0.1, -0.05) is 0 Å². The Bertz CT molecular complexity index is 605. The third-order valence-electron chi connectivity index (χ3n) is 2.78. The molecule has 0 saturated carbocycles. The molecule has 22 heavy (non-hydrogen) atoms. The van der Waals surface area contributed by atoms with E-state index in [1.54, 1.807) is 30.3 Å². The number of nitrogens with one attached hydrogen (secondary N) is 1. The van der Waals surface area contributed by atoms with Crippen LogP contribution in [0.5, 0.6) is 0 Å². The van der Waals surface area contributed by atoms with Gasteiger partial charge < -0.3 is 20.4 Å². The number of carbonyl (C=O) groups is 1. The van der Waals surface area contributed by atoms with E-state index in [4.69, 9.17) is 20.7 Å². The van der Waals surface area contributed by atoms with E-state index in [9.17, 15) is 4.79 Å². The van der Waals surface area contributed by atoms with Gasteiger partial charge in [-0.15, -0.1) is 0 Å². The summed E-state index contributed by atoms with van der Waals surface area (Å²) < 4.78 is 0. The fraction of sp³-hybridized carbons (Fsp3) is 0.267. The molecule has 1 aromatic carbocycles. The summed E-state index contributed by atoms with van der Waals surface area (Å²) in [4.78, 5) is 13.3. The lowest BCUT2D eigenvalue weighted by atomic mass is 10.2. The standard InChI is InChI=1S/C15H16N4O3/c16-9-12-1-3-14(4-2-12)18-11-13(10-17)15(22)19(5-7-20)6-8-21/h1-4,11,18,20-21H,5-8H2/b13-11-. The Balaban J connectivity index is 2.82. The molecule has 0 aliphatic heterocycles. The predicted octanol–water partition coefficient (Wildman–Crippen LogP) is 0.191. The van der Waals surface area contributed by atoms with E-state index >= 15 is 0 Å². The Hall–Kier alpha value is -2.87. The Morgan fingerprint density at radius 1 is 1.18 bits per heavy atom. The number of carbonyl (C=O) groups excluding carboxylic acids is 1. The zero-order valence-electron chi connectivity index (χ0n) is 11.9. The van der Waals surface area contributed by atoms with Gasteiger partial charge in [-0.05, 0) is 24.3 Å². The van der Waals surface area contributed by atoms with Crippen LogP contribution in [0.25, 0.3) is 0 Å². The maximum absolute atomic E-state index is 12.1. The second-order valence-electron chi connectivity index (χ2n) is 4.24. The van der Waals surface area contributed by atoms with Gasteiger partial charge in [0.15, 0.2) is 0 Å². The van der Waals surface area contributed by atoms with Crippen LogP contribution in [0, 0.1) is 22.7 Å². The van der Waals surface area contributed by atoms with Gasteiger partial charge in [0.25, 0.3) is 5.91 Å². The molecule has 0 aromatic heterocycles. The molecule has 7 nitrogen and oxygen atoms in total. The minimum Gasteiger partial charge on any atom is -0.395 e. The molecule has 0 unspecified atom stereocenters. The maximum atomic E-state index is 12.1. The molecule has 0 saturated heterocycles. The first-order valence-electron chi connectivity index (χ1n) is 6.54. The summed E-state index contributed by atoms with van der Waals surface area (Å²) in [6.07, 6.45) is 1.26. The zero-order chi connectivity index (χ0) is 16.4. The molecular formula is C15H16N4O3. The highest BCUT2D eigenvalue weighted by Gasteiger charge is 2.17. The first-order valence-corrected chi connectivity index (χ1v) is 6.54. The second kappa shape index (κ2) is 9.14. The fourth-order valence-corrected chi connectivity index (χ4v) is 1.66. The third kappa shape index (κ3) is 4.91. The van der Waals surface area contributed by atoms with Gasteiger partial charge in [0, 0.05) is 25.0 Å². The second-order valence-corrected chi connectivity index (χ2v) is 4.24. The summed E-state index contributed by atoms with van der Waals surface area (Å²) in [5, 5.41) is 38.4. The van der Waals surface area contributed by atoms with Gasteiger partial charge in [-0.3, -0.25) is 4.79 Å². The van der Waals surface area contributed by atoms with Crippen molar-refractivity contribution >= 4 is 11.6 Å². The average Bonchev–Trinajstić information content (AvgIpc) is 2.55. The topological polar surface area (TPSA) is 120 Å². The molecule has 0 heterocycles. The highest BCUT2D eigenvalue weighted by atomic mass is 16.3. The normalized spacial score (nSPS) is 10.5. The number of hydrogen-bond donors (Lipinski definition) is 3. The lowest BCUT2D eigenvalue weighted by Gasteiger charge is -2.20. The fourth-order valence-electron chi connectivity index (χ4n) is 1.66. The van der Waals surface area contributed by atoms with Gasteiger partial charge in [-0.25, -0.2) is 0 Å². The van der Waals surface area contributed by atoms with Crippen molar-refractivity contribution in [2.45, 2.75) is 0 Å². The molecular weight excluding hydrogens is 284 g/mol. The summed E-state index contributed by atoms with van der Waals surface area (Å²) in [7, 11) is 0. The van der Waals surface area contributed by atoms with Crippen LogP contribution in [0.3, 0.4) is 0 Å². The lowest BCUT2D eigenvalue weighted by Crippen LogP contribution is -2.36. The molecule has 0 spiro atoms. The van der Waals surface area contributed by atoms with Gasteiger partial charge in [0.2, 0.25) is 0 Å². The highest BCUT2D eigenvalue weighted by Crippen LogP contribution is 2.10. The van der Waals surface area contributed by atoms with Gasteiger partial charge in [0.1, 0.15) is 11.6 Å². The van der Waals surface area contributed by atoms with E-state index in [0.29, 0.717) is 11.3 Å². The van der Waals surface area contributed by atoms with Crippen LogP contribution in [0.1, 0.15) is 5.56 Å². The lowest BCUT2D eigenvalue weighted by molar-refractivity contribution is -0.127. The average molecular weight is 300 g/mol. The number of hydrogen-bond acceptors (Lipinski definition) is 6. The van der Waals surface area contributed by atoms with Crippen molar-refractivity contribution < 1.29 is 15.0 Å². The number of amides is 1. The van der Waals surface area contributed by atoms with Gasteiger partial charge in [-0.2, -0.15) is 10.5 Å². The first-order chi connectivity index (χ1) is 10.7. The third-order valence-corrected chi connectivity index (χ3v) is 2.78. The minimum absolute atomic E-state index is 0.0370. The van der Waals surface area contributed by atoms with Crippen LogP contribution in [-0.4, -0.2) is 47.3 Å². The molecule has 0 radical (unpaired) electrons. The molecule has 0 aliphatic carbocycles. The molecule has 1 rings (SSSR count). The van der Waals surface area contributed by atoms with E-state index in [1.807, 2.05) is 6.07 Å². The van der Waals surface area contributed by atoms with Crippen molar-refractivity contribution in [2.75, 3.05) is 31.6 Å². The highest BCUT2D eigenvalue weighted by molar-refractivity contribution is 5.97. The SMILES string of the molecule is N#C/C(=C/Nc1ccc(C#N)cc1)C(=O)N(CCO)CCO. The van der Waals surface area contributed by atoms with Gasteiger partial charge >= 0.3 is 0 Å². The van der Waals surface area contributed by atoms with E-state index in [0.717, 1.165) is 0 Å². The zero-order valence-corrected chi connectivity index (χ0v) is 11.9. The van der Waals surface area contributed by atoms with Crippen molar-refractivity contribution in [2.24, 2.45) is 0 Å². The molecule has 0 bridgehead atoms. The summed E-state index contributed by atoms with van der Waals surface area (Å²) in [6, 6.07) is 10.3. The van der Waals surface area contributed by atoms with Gasteiger partial charge in [0.05, 0.1) is 24.8 Å². The van der Waals surface area contributed by atoms with Crippen LogP contribution in [0.2, 0.25) is 0 Å². The number of aliphatic hydroxyl groups is 2. The summed E-state index contributed by atoms with van der Waals surface area (Å²) >= 11 is 0. The number of nitrogens with zero attached hydrogens (tertiary/aromatic N) is 3. The van der Waals surface area contributed by atoms with Crippen LogP contribution < -0.4 is 5.32 Å². The molecule has 1 amide bonds. The van der Waals surface area contributed by atoms with Crippen LogP contribution in [-0.2, 0) is 4.79 Å². The molecule has 0 fully saturated rings. The molecule has 0 aliphatic rings. The number of nitriles is 2. The Morgan fingerprint density at radius 3 is 2.23 bits per heavy atom. The van der Waals surface area contributed by atoms with Crippen molar-refractivity contribution in [3.63, 3.8) is 0 Å². The van der Waals surface area contributed by atoms with Crippen molar-refractivity contribution in [3.05, 3.63) is 41.6 Å². The molecule has 3 N–H and O–H groups in total. The Kier molecular flexibility index (Phi) is 7.14. The number of aliphatic hydroxyl groups excluding tert-OH is 2. The monoisotopic (exact) mass is 300 g/mol. The van der Waals surface area contributed by atoms with Crippen LogP contribution in [0.4, 0.5) is 5.69 Å². The first kappa shape index (κ1) is 17.2. The number of benzene rings is 1. The van der Waals surface area contributed by atoms with Crippen LogP contribution in [0.15, 0.2) is 36.0 Å². The summed E-state index contributed by atoms with van der Waals surface area (Å²) in [5.74, 6) is -0.577. The predicted molar refractivity (Wildman–Crippen MR) is 79.2 cm³/mol. The minimum atomic E-state index is -0.577. The number of anilines is 1. The van der Waals surface area contributed by atoms with Crippen molar-refractivity contribution in [3.8, 4) is 12.1 Å². The van der Waals surface area contributed by atoms with E-state index < -0.39 is 5.91 Å². The smallest absolute Gasteiger partial charge is 0.266 e. The quantitative estimate of drug-likeness (QED) is 0.488. The van der Waals surface area contributed by atoms with Crippen LogP contribution >= 0.6 is 0 Å². The summed E-state index contributed by atoms with van der Waals surface area (Å²) in [6.45, 7) is -0.439. The van der Waals surface area contributed by atoms with E-state index in [2.05, 4.69) is 5.32 Å². The van der Waals surface area contributed by atoms with E-state index in [-0.39, 0.29) is 31.9 Å². The van der Waals surface area contributed by atoms with Crippen molar-refractivity contribution in [1.29, 1.82) is 10.5 Å². The molecule has 7 heteroatoms. The Morgan fingerprint density at radius 2 is 1.77 bits per heavy atom. The van der Waals surface area contributed by atoms with E-state index in [1.165, 1.54) is 11.1 Å². The molecule has 1 aromatic rings. The molecule has 0 atom stereocenters. The maximum Gasteiger partial charge on any atom is 0.266 e. The Labute approximate surface area is 128 Å².